The normalized spacial score (nSPS) is 15.4. The minimum Gasteiger partial charge on any atom is -0.473 e. The second kappa shape index (κ2) is 5.91. The summed E-state index contributed by atoms with van der Waals surface area (Å²) in [6.07, 6.45) is -0.108. The summed E-state index contributed by atoms with van der Waals surface area (Å²) in [6.45, 7) is 5.83. The smallest absolute Gasteiger partial charge is 0.313 e. The van der Waals surface area contributed by atoms with Gasteiger partial charge in [0.25, 0.3) is 0 Å². The zero-order valence-corrected chi connectivity index (χ0v) is 11.5. The number of nitrogens with two attached hydrogens (primary N) is 1. The number of nitro groups is 1. The maximum atomic E-state index is 11.2. The van der Waals surface area contributed by atoms with Crippen molar-refractivity contribution in [3.63, 3.8) is 0 Å². The predicted molar refractivity (Wildman–Crippen MR) is 74.1 cm³/mol. The fourth-order valence-corrected chi connectivity index (χ4v) is 1.95. The molecule has 1 aliphatic rings. The van der Waals surface area contributed by atoms with E-state index in [0.29, 0.717) is 26.3 Å². The first-order chi connectivity index (χ1) is 9.49. The lowest BCUT2D eigenvalue weighted by Crippen LogP contribution is -2.37. The molecule has 0 spiro atoms. The van der Waals surface area contributed by atoms with E-state index in [9.17, 15) is 10.1 Å². The molecule has 0 saturated carbocycles. The molecular formula is C12H18N4O4. The summed E-state index contributed by atoms with van der Waals surface area (Å²) in [5.74, 6) is 0.509. The van der Waals surface area contributed by atoms with E-state index in [4.69, 9.17) is 15.2 Å². The van der Waals surface area contributed by atoms with Gasteiger partial charge in [-0.3, -0.25) is 10.1 Å². The van der Waals surface area contributed by atoms with Crippen LogP contribution in [-0.4, -0.2) is 42.3 Å². The molecule has 2 N–H and O–H groups in total. The highest BCUT2D eigenvalue weighted by Crippen LogP contribution is 2.34. The number of anilines is 2. The zero-order chi connectivity index (χ0) is 14.7. The van der Waals surface area contributed by atoms with E-state index in [1.807, 2.05) is 18.7 Å². The quantitative estimate of drug-likeness (QED) is 0.653. The van der Waals surface area contributed by atoms with Crippen LogP contribution in [0.1, 0.15) is 13.8 Å². The van der Waals surface area contributed by atoms with Crippen LogP contribution in [0.3, 0.4) is 0 Å². The molecule has 1 aromatic heterocycles. The molecule has 1 fully saturated rings. The van der Waals surface area contributed by atoms with E-state index in [1.165, 1.54) is 6.07 Å². The number of pyridine rings is 1. The van der Waals surface area contributed by atoms with Crippen LogP contribution in [0.2, 0.25) is 0 Å². The molecule has 110 valence electrons. The Morgan fingerprint density at radius 2 is 2.15 bits per heavy atom. The Kier molecular flexibility index (Phi) is 4.23. The Labute approximate surface area is 116 Å². The van der Waals surface area contributed by atoms with Crippen LogP contribution in [-0.2, 0) is 4.74 Å². The molecule has 0 unspecified atom stereocenters. The minimum absolute atomic E-state index is 0.108. The highest BCUT2D eigenvalue weighted by molar-refractivity contribution is 5.67. The monoisotopic (exact) mass is 282 g/mol. The topological polar surface area (TPSA) is 104 Å². The number of ether oxygens (including phenoxy) is 2. The summed E-state index contributed by atoms with van der Waals surface area (Å²) in [4.78, 5) is 16.7. The Hall–Kier alpha value is -2.09. The first-order valence-electron chi connectivity index (χ1n) is 6.43. The van der Waals surface area contributed by atoms with Gasteiger partial charge in [-0.2, -0.15) is 4.98 Å². The van der Waals surface area contributed by atoms with Gasteiger partial charge in [0.15, 0.2) is 0 Å². The van der Waals surface area contributed by atoms with Crippen LogP contribution in [0.25, 0.3) is 0 Å². The molecule has 8 nitrogen and oxygen atoms in total. The van der Waals surface area contributed by atoms with E-state index in [1.54, 1.807) is 0 Å². The molecule has 1 aromatic rings. The van der Waals surface area contributed by atoms with Crippen molar-refractivity contribution in [2.75, 3.05) is 36.9 Å². The minimum atomic E-state index is -0.479. The van der Waals surface area contributed by atoms with E-state index >= 15 is 0 Å². The predicted octanol–water partition coefficient (Wildman–Crippen LogP) is 1.20. The molecular weight excluding hydrogens is 264 g/mol. The molecule has 0 bridgehead atoms. The SMILES string of the molecule is CC(C)Oc1nc(N2CCOCC2)c([N+](=O)[O-])cc1N. The highest BCUT2D eigenvalue weighted by atomic mass is 16.6. The lowest BCUT2D eigenvalue weighted by atomic mass is 10.3. The van der Waals surface area contributed by atoms with Crippen molar-refractivity contribution in [3.05, 3.63) is 16.2 Å². The van der Waals surface area contributed by atoms with Gasteiger partial charge in [-0.25, -0.2) is 0 Å². The second-order valence-electron chi connectivity index (χ2n) is 4.75. The van der Waals surface area contributed by atoms with E-state index in [0.717, 1.165) is 0 Å². The Balaban J connectivity index is 2.41. The van der Waals surface area contributed by atoms with Crippen LogP contribution >= 0.6 is 0 Å². The fourth-order valence-electron chi connectivity index (χ4n) is 1.95. The summed E-state index contributed by atoms with van der Waals surface area (Å²) < 4.78 is 10.7. The van der Waals surface area contributed by atoms with Gasteiger partial charge in [0.1, 0.15) is 5.69 Å². The van der Waals surface area contributed by atoms with Gasteiger partial charge in [0, 0.05) is 19.2 Å². The van der Waals surface area contributed by atoms with Gasteiger partial charge in [0.05, 0.1) is 24.2 Å². The maximum absolute atomic E-state index is 11.2. The van der Waals surface area contributed by atoms with Crippen LogP contribution in [0, 0.1) is 10.1 Å². The Bertz CT molecular complexity index is 500. The number of morpholine rings is 1. The lowest BCUT2D eigenvalue weighted by Gasteiger charge is -2.27. The number of aromatic nitrogens is 1. The summed E-state index contributed by atoms with van der Waals surface area (Å²) >= 11 is 0. The van der Waals surface area contributed by atoms with Crippen LogP contribution in [0.15, 0.2) is 6.07 Å². The summed E-state index contributed by atoms with van der Waals surface area (Å²) in [5.41, 5.74) is 5.83. The average Bonchev–Trinajstić information content (AvgIpc) is 2.41. The summed E-state index contributed by atoms with van der Waals surface area (Å²) in [6, 6.07) is 1.30. The number of hydrogen-bond acceptors (Lipinski definition) is 7. The van der Waals surface area contributed by atoms with Crippen molar-refractivity contribution < 1.29 is 14.4 Å². The van der Waals surface area contributed by atoms with Crippen molar-refractivity contribution in [1.82, 2.24) is 4.98 Å². The molecule has 20 heavy (non-hydrogen) atoms. The molecule has 8 heteroatoms. The maximum Gasteiger partial charge on any atom is 0.313 e. The third-order valence-electron chi connectivity index (χ3n) is 2.83. The van der Waals surface area contributed by atoms with Crippen LogP contribution in [0.5, 0.6) is 5.88 Å². The molecule has 2 rings (SSSR count). The van der Waals surface area contributed by atoms with Gasteiger partial charge in [-0.15, -0.1) is 0 Å². The third kappa shape index (κ3) is 3.08. The third-order valence-corrected chi connectivity index (χ3v) is 2.83. The highest BCUT2D eigenvalue weighted by Gasteiger charge is 2.26. The fraction of sp³-hybridized carbons (Fsp3) is 0.583. The van der Waals surface area contributed by atoms with Gasteiger partial charge >= 0.3 is 5.69 Å². The van der Waals surface area contributed by atoms with E-state index in [2.05, 4.69) is 4.98 Å². The van der Waals surface area contributed by atoms with Crippen molar-refractivity contribution in [3.8, 4) is 5.88 Å². The van der Waals surface area contributed by atoms with Crippen molar-refractivity contribution >= 4 is 17.2 Å². The number of nitrogen functional groups attached to an aromatic ring is 1. The number of rotatable bonds is 4. The summed E-state index contributed by atoms with van der Waals surface area (Å²) in [7, 11) is 0. The van der Waals surface area contributed by atoms with Gasteiger partial charge in [-0.1, -0.05) is 0 Å². The largest absolute Gasteiger partial charge is 0.473 e. The molecule has 0 aromatic carbocycles. The van der Waals surface area contributed by atoms with Gasteiger partial charge in [-0.05, 0) is 13.8 Å². The first-order valence-corrected chi connectivity index (χ1v) is 6.43. The Morgan fingerprint density at radius 1 is 1.50 bits per heavy atom. The van der Waals surface area contributed by atoms with E-state index in [-0.39, 0.29) is 29.2 Å². The van der Waals surface area contributed by atoms with E-state index < -0.39 is 4.92 Å². The lowest BCUT2D eigenvalue weighted by molar-refractivity contribution is -0.384. The van der Waals surface area contributed by atoms with Crippen LogP contribution in [0.4, 0.5) is 17.2 Å². The van der Waals surface area contributed by atoms with Gasteiger partial charge in [0.2, 0.25) is 11.7 Å². The molecule has 0 atom stereocenters. The molecule has 0 radical (unpaired) electrons. The molecule has 0 aliphatic carbocycles. The van der Waals surface area contributed by atoms with Crippen LogP contribution < -0.4 is 15.4 Å². The standard InChI is InChI=1S/C12H18N4O4/c1-8(2)20-12-9(13)7-10(16(17)18)11(14-12)15-3-5-19-6-4-15/h7-8H,3-6,13H2,1-2H3. The summed E-state index contributed by atoms with van der Waals surface area (Å²) in [5, 5.41) is 11.2. The molecule has 1 saturated heterocycles. The zero-order valence-electron chi connectivity index (χ0n) is 11.5. The number of nitrogens with zero attached hydrogens (tertiary/aromatic N) is 3. The Morgan fingerprint density at radius 3 is 2.70 bits per heavy atom. The molecule has 1 aliphatic heterocycles. The van der Waals surface area contributed by atoms with Crippen molar-refractivity contribution in [2.45, 2.75) is 20.0 Å². The molecule has 0 amide bonds. The number of hydrogen-bond donors (Lipinski definition) is 1. The van der Waals surface area contributed by atoms with Crippen molar-refractivity contribution in [2.24, 2.45) is 0 Å². The first kappa shape index (κ1) is 14.3. The second-order valence-corrected chi connectivity index (χ2v) is 4.75. The van der Waals surface area contributed by atoms with Gasteiger partial charge < -0.3 is 20.1 Å². The van der Waals surface area contributed by atoms with Crippen molar-refractivity contribution in [1.29, 1.82) is 0 Å². The molecule has 2 heterocycles. The average molecular weight is 282 g/mol.